The Bertz CT molecular complexity index is 687. The van der Waals surface area contributed by atoms with E-state index >= 15 is 0 Å². The van der Waals surface area contributed by atoms with E-state index in [0.29, 0.717) is 5.69 Å². The third-order valence-electron chi connectivity index (χ3n) is 3.25. The number of para-hydroxylation sites is 3. The molecule has 0 N–H and O–H groups in total. The van der Waals surface area contributed by atoms with Crippen LogP contribution in [0.5, 0.6) is 0 Å². The Labute approximate surface area is 123 Å². The normalized spacial score (nSPS) is 10.1. The van der Waals surface area contributed by atoms with Crippen LogP contribution in [-0.2, 0) is 0 Å². The largest absolute Gasteiger partial charge is 0.308 e. The van der Waals surface area contributed by atoms with Gasteiger partial charge in [-0.25, -0.2) is 0 Å². The third kappa shape index (κ3) is 2.67. The molecule has 0 unspecified atom stereocenters. The van der Waals surface area contributed by atoms with Crippen LogP contribution in [0.4, 0.5) is 22.7 Å². The van der Waals surface area contributed by atoms with Gasteiger partial charge in [0.2, 0.25) is 0 Å². The van der Waals surface area contributed by atoms with E-state index in [2.05, 4.69) is 5.18 Å². The summed E-state index contributed by atoms with van der Waals surface area (Å²) < 4.78 is 0. The number of rotatable bonds is 4. The summed E-state index contributed by atoms with van der Waals surface area (Å²) in [5.41, 5.74) is 3.16. The summed E-state index contributed by atoms with van der Waals surface area (Å²) in [5, 5.41) is 3.15. The first kappa shape index (κ1) is 13.1. The lowest BCUT2D eigenvalue weighted by molar-refractivity contribution is 1.27. The van der Waals surface area contributed by atoms with Crippen LogP contribution in [0, 0.1) is 4.91 Å². The van der Waals surface area contributed by atoms with Crippen molar-refractivity contribution in [3.63, 3.8) is 0 Å². The molecule has 3 nitrogen and oxygen atoms in total. The molecule has 0 heterocycles. The highest BCUT2D eigenvalue weighted by molar-refractivity contribution is 5.82. The summed E-state index contributed by atoms with van der Waals surface area (Å²) >= 11 is 0. The first-order valence-corrected chi connectivity index (χ1v) is 6.73. The Kier molecular flexibility index (Phi) is 3.74. The summed E-state index contributed by atoms with van der Waals surface area (Å²) in [6.45, 7) is 0. The first-order chi connectivity index (χ1) is 10.4. The van der Waals surface area contributed by atoms with Gasteiger partial charge in [-0.1, -0.05) is 48.5 Å². The van der Waals surface area contributed by atoms with E-state index in [-0.39, 0.29) is 0 Å². The van der Waals surface area contributed by atoms with Crippen molar-refractivity contribution in [2.45, 2.75) is 0 Å². The molecule has 3 heteroatoms. The summed E-state index contributed by atoms with van der Waals surface area (Å²) in [4.78, 5) is 13.1. The Morgan fingerprint density at radius 2 is 1.10 bits per heavy atom. The predicted octanol–water partition coefficient (Wildman–Crippen LogP) is 5.55. The number of hydrogen-bond donors (Lipinski definition) is 0. The molecule has 102 valence electrons. The van der Waals surface area contributed by atoms with Crippen LogP contribution in [0.1, 0.15) is 0 Å². The van der Waals surface area contributed by atoms with Gasteiger partial charge in [0.25, 0.3) is 0 Å². The van der Waals surface area contributed by atoms with Crippen molar-refractivity contribution in [1.29, 1.82) is 0 Å². The van der Waals surface area contributed by atoms with Crippen LogP contribution in [0.15, 0.2) is 90.1 Å². The van der Waals surface area contributed by atoms with Gasteiger partial charge in [0.15, 0.2) is 0 Å². The van der Waals surface area contributed by atoms with E-state index in [1.165, 1.54) is 0 Å². The SMILES string of the molecule is O=Nc1ccccc1N(c1ccccc1)c1ccccc1. The van der Waals surface area contributed by atoms with Gasteiger partial charge in [-0.3, -0.25) is 0 Å². The van der Waals surface area contributed by atoms with Gasteiger partial charge < -0.3 is 4.90 Å². The second-order valence-electron chi connectivity index (χ2n) is 4.59. The molecule has 0 aromatic heterocycles. The Balaban J connectivity index is 2.20. The molecule has 0 aliphatic rings. The zero-order valence-electron chi connectivity index (χ0n) is 11.4. The van der Waals surface area contributed by atoms with Crippen LogP contribution in [0.25, 0.3) is 0 Å². The number of hydrogen-bond acceptors (Lipinski definition) is 3. The average Bonchev–Trinajstić information content (AvgIpc) is 2.58. The highest BCUT2D eigenvalue weighted by Gasteiger charge is 2.15. The van der Waals surface area contributed by atoms with Crippen LogP contribution < -0.4 is 4.90 Å². The number of anilines is 3. The minimum Gasteiger partial charge on any atom is -0.308 e. The third-order valence-corrected chi connectivity index (χ3v) is 3.25. The quantitative estimate of drug-likeness (QED) is 0.584. The van der Waals surface area contributed by atoms with Crippen molar-refractivity contribution in [2.75, 3.05) is 4.90 Å². The van der Waals surface area contributed by atoms with Crippen molar-refractivity contribution in [1.82, 2.24) is 0 Å². The van der Waals surface area contributed by atoms with Crippen molar-refractivity contribution < 1.29 is 0 Å². The Morgan fingerprint density at radius 3 is 1.62 bits per heavy atom. The molecule has 0 aliphatic heterocycles. The number of nitroso groups, excluding NO2 is 1. The number of benzene rings is 3. The fraction of sp³-hybridized carbons (Fsp3) is 0. The molecular weight excluding hydrogens is 260 g/mol. The van der Waals surface area contributed by atoms with Crippen molar-refractivity contribution in [3.05, 3.63) is 89.8 Å². The van der Waals surface area contributed by atoms with Gasteiger partial charge in [0, 0.05) is 11.4 Å². The maximum absolute atomic E-state index is 11.1. The smallest absolute Gasteiger partial charge is 0.131 e. The van der Waals surface area contributed by atoms with Crippen molar-refractivity contribution in [3.8, 4) is 0 Å². The first-order valence-electron chi connectivity index (χ1n) is 6.73. The van der Waals surface area contributed by atoms with E-state index in [0.717, 1.165) is 17.1 Å². The maximum Gasteiger partial charge on any atom is 0.131 e. The van der Waals surface area contributed by atoms with Gasteiger partial charge >= 0.3 is 0 Å². The Morgan fingerprint density at radius 1 is 0.619 bits per heavy atom. The zero-order chi connectivity index (χ0) is 14.5. The molecular formula is C18H14N2O. The molecule has 0 saturated heterocycles. The second-order valence-corrected chi connectivity index (χ2v) is 4.59. The standard InChI is InChI=1S/C18H14N2O/c21-19-17-13-7-8-14-18(17)20(15-9-3-1-4-10-15)16-11-5-2-6-12-16/h1-14H. The lowest BCUT2D eigenvalue weighted by atomic mass is 10.1. The molecule has 0 bridgehead atoms. The van der Waals surface area contributed by atoms with Gasteiger partial charge in [0.05, 0.1) is 5.69 Å². The minimum atomic E-state index is 0.421. The molecule has 21 heavy (non-hydrogen) atoms. The van der Waals surface area contributed by atoms with Gasteiger partial charge in [0.1, 0.15) is 5.69 Å². The number of nitrogens with zero attached hydrogens (tertiary/aromatic N) is 2. The monoisotopic (exact) mass is 274 g/mol. The average molecular weight is 274 g/mol. The van der Waals surface area contributed by atoms with Gasteiger partial charge in [-0.05, 0) is 41.6 Å². The molecule has 0 spiro atoms. The van der Waals surface area contributed by atoms with E-state index in [1.807, 2.05) is 83.8 Å². The zero-order valence-corrected chi connectivity index (χ0v) is 11.4. The fourth-order valence-corrected chi connectivity index (χ4v) is 2.31. The second kappa shape index (κ2) is 6.01. The molecule has 3 rings (SSSR count). The van der Waals surface area contributed by atoms with Crippen molar-refractivity contribution in [2.24, 2.45) is 5.18 Å². The molecule has 0 amide bonds. The topological polar surface area (TPSA) is 32.7 Å². The summed E-state index contributed by atoms with van der Waals surface area (Å²) in [6, 6.07) is 27.2. The summed E-state index contributed by atoms with van der Waals surface area (Å²) in [7, 11) is 0. The molecule has 0 atom stereocenters. The molecule has 0 aliphatic carbocycles. The molecule has 3 aromatic rings. The van der Waals surface area contributed by atoms with Crippen molar-refractivity contribution >= 4 is 22.7 Å². The highest BCUT2D eigenvalue weighted by Crippen LogP contribution is 2.39. The van der Waals surface area contributed by atoms with E-state index in [4.69, 9.17) is 0 Å². The summed E-state index contributed by atoms with van der Waals surface area (Å²) in [6.07, 6.45) is 0. The Hall–Kier alpha value is -2.94. The van der Waals surface area contributed by atoms with Gasteiger partial charge in [-0.2, -0.15) is 0 Å². The van der Waals surface area contributed by atoms with E-state index < -0.39 is 0 Å². The molecule has 0 fully saturated rings. The lowest BCUT2D eigenvalue weighted by Gasteiger charge is -2.25. The predicted molar refractivity (Wildman–Crippen MR) is 86.6 cm³/mol. The molecule has 0 radical (unpaired) electrons. The van der Waals surface area contributed by atoms with Gasteiger partial charge in [-0.15, -0.1) is 4.91 Å². The van der Waals surface area contributed by atoms with E-state index in [1.54, 1.807) is 6.07 Å². The lowest BCUT2D eigenvalue weighted by Crippen LogP contribution is -2.09. The highest BCUT2D eigenvalue weighted by atomic mass is 16.3. The molecule has 0 saturated carbocycles. The maximum atomic E-state index is 11.1. The molecule has 3 aromatic carbocycles. The summed E-state index contributed by atoms with van der Waals surface area (Å²) in [5.74, 6) is 0. The minimum absolute atomic E-state index is 0.421. The van der Waals surface area contributed by atoms with Crippen LogP contribution >= 0.6 is 0 Å². The fourth-order valence-electron chi connectivity index (χ4n) is 2.31. The van der Waals surface area contributed by atoms with E-state index in [9.17, 15) is 4.91 Å². The van der Waals surface area contributed by atoms with Crippen LogP contribution in [0.2, 0.25) is 0 Å². The van der Waals surface area contributed by atoms with Crippen LogP contribution in [-0.4, -0.2) is 0 Å². The van der Waals surface area contributed by atoms with Crippen LogP contribution in [0.3, 0.4) is 0 Å².